The van der Waals surface area contributed by atoms with E-state index in [9.17, 15) is 19.8 Å². The van der Waals surface area contributed by atoms with Gasteiger partial charge < -0.3 is 19.8 Å². The Morgan fingerprint density at radius 1 is 0.848 bits per heavy atom. The van der Waals surface area contributed by atoms with E-state index < -0.39 is 24.0 Å². The third-order valence-corrected chi connectivity index (χ3v) is 7.40. The topological polar surface area (TPSA) is 107 Å². The molecule has 2 aromatic heterocycles. The second-order valence-corrected chi connectivity index (χ2v) is 9.12. The number of nitrogens with zero attached hydrogens (tertiary/aromatic N) is 1. The maximum atomic E-state index is 13.1. The summed E-state index contributed by atoms with van der Waals surface area (Å²) in [5.74, 6) is -0.795. The zero-order valence-electron chi connectivity index (χ0n) is 17.6. The number of aromatic amines is 1. The molecular weight excluding hydrogens is 418 g/mol. The molecule has 0 saturated heterocycles. The van der Waals surface area contributed by atoms with E-state index in [2.05, 4.69) is 14.9 Å². The molecule has 2 aliphatic rings. The lowest BCUT2D eigenvalue weighted by Crippen LogP contribution is -2.38. The predicted octanol–water partition coefficient (Wildman–Crippen LogP) is 3.76. The monoisotopic (exact) mass is 439 g/mol. The highest BCUT2D eigenvalue weighted by Crippen LogP contribution is 2.46. The second kappa shape index (κ2) is 6.43. The number of aliphatic hydroxyl groups excluding tert-OH is 2. The smallest absolute Gasteiger partial charge is 0.259 e. The van der Waals surface area contributed by atoms with E-state index in [1.54, 1.807) is 0 Å². The van der Waals surface area contributed by atoms with Crippen molar-refractivity contribution in [3.63, 3.8) is 0 Å². The van der Waals surface area contributed by atoms with Crippen molar-refractivity contribution in [3.8, 4) is 0 Å². The molecule has 1 aliphatic carbocycles. The number of carbonyl (C=O) groups excluding carboxylic acids is 2. The molecule has 1 saturated carbocycles. The van der Waals surface area contributed by atoms with Gasteiger partial charge in [0, 0.05) is 32.6 Å². The molecule has 33 heavy (non-hydrogen) atoms. The molecular formula is C26H21N3O4. The number of para-hydroxylation sites is 2. The van der Waals surface area contributed by atoms with Crippen LogP contribution in [0.15, 0.2) is 48.5 Å². The molecule has 2 amide bonds. The lowest BCUT2D eigenvalue weighted by atomic mass is 9.89. The Labute approximate surface area is 187 Å². The van der Waals surface area contributed by atoms with Crippen LogP contribution in [0.2, 0.25) is 0 Å². The summed E-state index contributed by atoms with van der Waals surface area (Å²) in [4.78, 5) is 29.6. The van der Waals surface area contributed by atoms with Gasteiger partial charge in [-0.25, -0.2) is 0 Å². The fraction of sp³-hybridized carbons (Fsp3) is 0.231. The summed E-state index contributed by atoms with van der Waals surface area (Å²) in [6.45, 7) is 0. The molecule has 3 atom stereocenters. The lowest BCUT2D eigenvalue weighted by Gasteiger charge is -2.34. The van der Waals surface area contributed by atoms with Gasteiger partial charge in [-0.2, -0.15) is 0 Å². The van der Waals surface area contributed by atoms with Crippen LogP contribution in [-0.2, 0) is 0 Å². The van der Waals surface area contributed by atoms with Crippen LogP contribution < -0.4 is 5.32 Å². The first-order valence-corrected chi connectivity index (χ1v) is 11.3. The van der Waals surface area contributed by atoms with Crippen molar-refractivity contribution in [1.29, 1.82) is 0 Å². The van der Waals surface area contributed by atoms with Crippen molar-refractivity contribution in [1.82, 2.24) is 14.9 Å². The number of aromatic nitrogens is 2. The Bertz CT molecular complexity index is 1660. The lowest BCUT2D eigenvalue weighted by molar-refractivity contribution is -0.0375. The van der Waals surface area contributed by atoms with Crippen LogP contribution in [0.5, 0.6) is 0 Å². The summed E-state index contributed by atoms with van der Waals surface area (Å²) in [7, 11) is 0. The third-order valence-electron chi connectivity index (χ3n) is 7.40. The number of rotatable bonds is 1. The van der Waals surface area contributed by atoms with E-state index in [0.717, 1.165) is 39.3 Å². The summed E-state index contributed by atoms with van der Waals surface area (Å²) in [6, 6.07) is 15.1. The molecule has 3 aromatic carbocycles. The number of amides is 2. The van der Waals surface area contributed by atoms with E-state index in [1.165, 1.54) is 0 Å². The molecule has 5 aromatic rings. The highest BCUT2D eigenvalue weighted by atomic mass is 16.3. The molecule has 7 heteroatoms. The summed E-state index contributed by atoms with van der Waals surface area (Å²) >= 11 is 0. The van der Waals surface area contributed by atoms with Crippen LogP contribution in [0.1, 0.15) is 46.0 Å². The minimum Gasteiger partial charge on any atom is -0.390 e. The number of imide groups is 1. The number of benzene rings is 3. The summed E-state index contributed by atoms with van der Waals surface area (Å²) < 4.78 is 2.08. The molecule has 1 fully saturated rings. The van der Waals surface area contributed by atoms with E-state index in [1.807, 2.05) is 48.5 Å². The minimum absolute atomic E-state index is 0.357. The quantitative estimate of drug-likeness (QED) is 0.298. The van der Waals surface area contributed by atoms with Crippen molar-refractivity contribution in [2.24, 2.45) is 0 Å². The second-order valence-electron chi connectivity index (χ2n) is 9.12. The molecule has 0 radical (unpaired) electrons. The number of carbonyl (C=O) groups is 2. The molecule has 1 unspecified atom stereocenters. The molecule has 164 valence electrons. The largest absolute Gasteiger partial charge is 0.390 e. The van der Waals surface area contributed by atoms with Crippen molar-refractivity contribution in [2.75, 3.05) is 0 Å². The van der Waals surface area contributed by atoms with Crippen LogP contribution >= 0.6 is 0 Å². The number of hydrogen-bond acceptors (Lipinski definition) is 4. The highest BCUT2D eigenvalue weighted by molar-refractivity contribution is 6.39. The van der Waals surface area contributed by atoms with Crippen LogP contribution in [0.4, 0.5) is 0 Å². The predicted molar refractivity (Wildman–Crippen MR) is 126 cm³/mol. The Morgan fingerprint density at radius 2 is 1.55 bits per heavy atom. The van der Waals surface area contributed by atoms with Gasteiger partial charge in [0.25, 0.3) is 11.8 Å². The molecule has 1 aliphatic heterocycles. The molecule has 7 nitrogen and oxygen atoms in total. The Kier molecular flexibility index (Phi) is 3.67. The fourth-order valence-electron chi connectivity index (χ4n) is 6.03. The summed E-state index contributed by atoms with van der Waals surface area (Å²) in [5, 5.41) is 27.1. The molecule has 4 N–H and O–H groups in total. The van der Waals surface area contributed by atoms with Gasteiger partial charge in [0.2, 0.25) is 0 Å². The number of H-pyrrole nitrogens is 1. The Balaban J connectivity index is 1.77. The standard InChI is InChI=1S/C26H21N3O4/c30-17-11-5-10-16(24(17)31)29-15-9-4-2-7-13(15)19-21-20(25(32)28-26(21)33)18-12-6-1-3-8-14(12)27-22(18)23(19)29/h1-4,6-9,16-17,24,27,30-31H,5,10-11H2,(H,28,32,33)/t16?,17-,24+/m1/s1. The number of aliphatic hydroxyl groups is 2. The van der Waals surface area contributed by atoms with E-state index in [4.69, 9.17) is 0 Å². The molecule has 3 heterocycles. The first-order valence-electron chi connectivity index (χ1n) is 11.3. The van der Waals surface area contributed by atoms with Crippen LogP contribution in [0, 0.1) is 0 Å². The average molecular weight is 439 g/mol. The maximum Gasteiger partial charge on any atom is 0.259 e. The zero-order valence-corrected chi connectivity index (χ0v) is 17.6. The summed E-state index contributed by atoms with van der Waals surface area (Å²) in [6.07, 6.45) is 0.313. The normalized spacial score (nSPS) is 23.2. The van der Waals surface area contributed by atoms with E-state index in [-0.39, 0.29) is 6.04 Å². The van der Waals surface area contributed by atoms with Crippen molar-refractivity contribution >= 4 is 55.4 Å². The minimum atomic E-state index is -0.930. The average Bonchev–Trinajstić information content (AvgIpc) is 3.45. The zero-order chi connectivity index (χ0) is 22.4. The number of hydrogen-bond donors (Lipinski definition) is 4. The maximum absolute atomic E-state index is 13.1. The van der Waals surface area contributed by atoms with Crippen LogP contribution in [0.25, 0.3) is 43.6 Å². The van der Waals surface area contributed by atoms with Gasteiger partial charge >= 0.3 is 0 Å². The Morgan fingerprint density at radius 3 is 2.36 bits per heavy atom. The van der Waals surface area contributed by atoms with Gasteiger partial charge in [0.05, 0.1) is 34.3 Å². The first kappa shape index (κ1) is 18.8. The van der Waals surface area contributed by atoms with E-state index >= 15 is 0 Å². The van der Waals surface area contributed by atoms with Gasteiger partial charge in [0.1, 0.15) is 6.10 Å². The SMILES string of the molecule is O=C1NC(=O)c2c1c1c3ccccc3[nH]c1c1c2c2ccccc2n1C1CCC[C@@H](O)[C@H]1O. The molecule has 7 rings (SSSR count). The van der Waals surface area contributed by atoms with Gasteiger partial charge in [-0.3, -0.25) is 14.9 Å². The first-order chi connectivity index (χ1) is 16.1. The van der Waals surface area contributed by atoms with Gasteiger partial charge in [-0.1, -0.05) is 36.4 Å². The van der Waals surface area contributed by atoms with E-state index in [0.29, 0.717) is 34.7 Å². The van der Waals surface area contributed by atoms with Gasteiger partial charge in [-0.15, -0.1) is 0 Å². The Hall–Kier alpha value is -3.68. The number of fused-ring (bicyclic) bond motifs is 10. The molecule has 0 bridgehead atoms. The highest BCUT2D eigenvalue weighted by Gasteiger charge is 2.39. The van der Waals surface area contributed by atoms with Crippen molar-refractivity contribution in [3.05, 3.63) is 59.7 Å². The van der Waals surface area contributed by atoms with Crippen molar-refractivity contribution < 1.29 is 19.8 Å². The van der Waals surface area contributed by atoms with Gasteiger partial charge in [0.15, 0.2) is 0 Å². The van der Waals surface area contributed by atoms with Crippen LogP contribution in [0.3, 0.4) is 0 Å². The third kappa shape index (κ3) is 2.30. The van der Waals surface area contributed by atoms with Crippen molar-refractivity contribution in [2.45, 2.75) is 37.5 Å². The van der Waals surface area contributed by atoms with Crippen LogP contribution in [-0.4, -0.2) is 43.8 Å². The molecule has 0 spiro atoms. The van der Waals surface area contributed by atoms with Gasteiger partial charge in [-0.05, 0) is 31.4 Å². The summed E-state index contributed by atoms with van der Waals surface area (Å²) in [5.41, 5.74) is 4.06. The number of nitrogens with one attached hydrogen (secondary N) is 2. The fourth-order valence-corrected chi connectivity index (χ4v) is 6.03.